The molecule has 6 nitrogen and oxygen atoms in total. The number of ether oxygens (including phenoxy) is 1. The molecule has 0 aliphatic carbocycles. The van der Waals surface area contributed by atoms with Crippen molar-refractivity contribution in [2.75, 3.05) is 7.11 Å². The lowest BCUT2D eigenvalue weighted by atomic mass is 10.2. The smallest absolute Gasteiger partial charge is 0.338 e. The zero-order valence-electron chi connectivity index (χ0n) is 13.3. The molecule has 0 amide bonds. The Bertz CT molecular complexity index is 903. The normalized spacial score (nSPS) is 11.2. The van der Waals surface area contributed by atoms with Gasteiger partial charge < -0.3 is 13.9 Å². The molecule has 0 N–H and O–H groups in total. The minimum Gasteiger partial charge on any atom is -0.465 e. The van der Waals surface area contributed by atoms with Gasteiger partial charge in [0.15, 0.2) is 5.82 Å². The summed E-state index contributed by atoms with van der Waals surface area (Å²) in [6, 6.07) is 2.71. The molecule has 0 aliphatic rings. The molecule has 0 fully saturated rings. The van der Waals surface area contributed by atoms with E-state index in [0.29, 0.717) is 24.4 Å². The SMILES string of the molecule is COC(=O)c1cc(F)c2nc(CCl)n(CCn3ccnc3C)c2c1. The summed E-state index contributed by atoms with van der Waals surface area (Å²) in [6.45, 7) is 3.06. The standard InChI is InChI=1S/C16H16ClFN4O2/c1-10-19-3-4-21(10)5-6-22-13-8-11(16(23)24-2)7-12(18)15(13)20-14(22)9-17/h3-4,7-8H,5-6,9H2,1-2H3. The first-order valence-electron chi connectivity index (χ1n) is 7.35. The van der Waals surface area contributed by atoms with Crippen molar-refractivity contribution < 1.29 is 13.9 Å². The molecule has 0 unspecified atom stereocenters. The maximum absolute atomic E-state index is 14.3. The van der Waals surface area contributed by atoms with Gasteiger partial charge in [-0.1, -0.05) is 0 Å². The van der Waals surface area contributed by atoms with E-state index in [9.17, 15) is 9.18 Å². The van der Waals surface area contributed by atoms with E-state index in [1.807, 2.05) is 22.3 Å². The van der Waals surface area contributed by atoms with Crippen LogP contribution in [0.1, 0.15) is 22.0 Å². The van der Waals surface area contributed by atoms with E-state index in [1.165, 1.54) is 7.11 Å². The second-order valence-electron chi connectivity index (χ2n) is 5.30. The molecule has 0 saturated heterocycles. The zero-order chi connectivity index (χ0) is 17.3. The Morgan fingerprint density at radius 1 is 1.38 bits per heavy atom. The fraction of sp³-hybridized carbons (Fsp3) is 0.312. The number of fused-ring (bicyclic) bond motifs is 1. The van der Waals surface area contributed by atoms with Gasteiger partial charge in [0, 0.05) is 25.5 Å². The number of rotatable bonds is 5. The van der Waals surface area contributed by atoms with E-state index >= 15 is 0 Å². The molecule has 126 valence electrons. The van der Waals surface area contributed by atoms with Gasteiger partial charge in [-0.3, -0.25) is 0 Å². The lowest BCUT2D eigenvalue weighted by molar-refractivity contribution is 0.0600. The zero-order valence-corrected chi connectivity index (χ0v) is 14.0. The van der Waals surface area contributed by atoms with Crippen molar-refractivity contribution in [3.05, 3.63) is 47.6 Å². The Balaban J connectivity index is 2.05. The Kier molecular flexibility index (Phi) is 4.53. The molecule has 0 saturated carbocycles. The van der Waals surface area contributed by atoms with Crippen LogP contribution in [0.2, 0.25) is 0 Å². The highest BCUT2D eigenvalue weighted by Crippen LogP contribution is 2.23. The van der Waals surface area contributed by atoms with Gasteiger partial charge in [-0.2, -0.15) is 0 Å². The van der Waals surface area contributed by atoms with Crippen LogP contribution in [-0.2, 0) is 23.7 Å². The highest BCUT2D eigenvalue weighted by molar-refractivity contribution is 6.16. The van der Waals surface area contributed by atoms with Crippen LogP contribution >= 0.6 is 11.6 Å². The maximum atomic E-state index is 14.3. The molecule has 2 heterocycles. The minimum absolute atomic E-state index is 0.142. The predicted molar refractivity (Wildman–Crippen MR) is 87.6 cm³/mol. The highest BCUT2D eigenvalue weighted by Gasteiger charge is 2.17. The summed E-state index contributed by atoms with van der Waals surface area (Å²) >= 11 is 5.96. The number of halogens is 2. The highest BCUT2D eigenvalue weighted by atomic mass is 35.5. The third-order valence-corrected chi connectivity index (χ3v) is 4.15. The van der Waals surface area contributed by atoms with Crippen LogP contribution in [0.25, 0.3) is 11.0 Å². The second kappa shape index (κ2) is 6.60. The Morgan fingerprint density at radius 2 is 2.17 bits per heavy atom. The van der Waals surface area contributed by atoms with Gasteiger partial charge in [-0.25, -0.2) is 19.2 Å². The van der Waals surface area contributed by atoms with E-state index in [1.54, 1.807) is 12.3 Å². The van der Waals surface area contributed by atoms with Gasteiger partial charge in [0.2, 0.25) is 0 Å². The number of nitrogens with zero attached hydrogens (tertiary/aromatic N) is 4. The van der Waals surface area contributed by atoms with Crippen LogP contribution in [-0.4, -0.2) is 32.2 Å². The Morgan fingerprint density at radius 3 is 2.79 bits per heavy atom. The molecule has 0 spiro atoms. The van der Waals surface area contributed by atoms with E-state index in [-0.39, 0.29) is 17.0 Å². The average molecular weight is 351 g/mol. The first-order valence-corrected chi connectivity index (χ1v) is 7.89. The van der Waals surface area contributed by atoms with E-state index in [4.69, 9.17) is 11.6 Å². The summed E-state index contributed by atoms with van der Waals surface area (Å²) in [5.74, 6) is 0.404. The third kappa shape index (κ3) is 2.87. The van der Waals surface area contributed by atoms with Crippen LogP contribution in [0.3, 0.4) is 0 Å². The number of carbonyl (C=O) groups excluding carboxylic acids is 1. The van der Waals surface area contributed by atoms with E-state index in [2.05, 4.69) is 14.7 Å². The molecule has 1 aromatic carbocycles. The van der Waals surface area contributed by atoms with Crippen molar-refractivity contribution in [3.8, 4) is 0 Å². The van der Waals surface area contributed by atoms with E-state index < -0.39 is 11.8 Å². The van der Waals surface area contributed by atoms with Crippen LogP contribution in [0.4, 0.5) is 4.39 Å². The molecule has 24 heavy (non-hydrogen) atoms. The molecule has 3 aromatic rings. The first kappa shape index (κ1) is 16.4. The van der Waals surface area contributed by atoms with E-state index in [0.717, 1.165) is 11.9 Å². The number of methoxy groups -OCH3 is 1. The predicted octanol–water partition coefficient (Wildman–Crippen LogP) is 2.91. The number of imidazole rings is 2. The van der Waals surface area contributed by atoms with Crippen LogP contribution < -0.4 is 0 Å². The van der Waals surface area contributed by atoms with Crippen molar-refractivity contribution in [2.24, 2.45) is 0 Å². The fourth-order valence-corrected chi connectivity index (χ4v) is 2.87. The number of benzene rings is 1. The molecule has 2 aromatic heterocycles. The molecular formula is C16H16ClFN4O2. The number of hydrogen-bond donors (Lipinski definition) is 0. The number of hydrogen-bond acceptors (Lipinski definition) is 4. The lowest BCUT2D eigenvalue weighted by Gasteiger charge is -2.10. The van der Waals surface area contributed by atoms with Gasteiger partial charge >= 0.3 is 5.97 Å². The van der Waals surface area contributed by atoms with Crippen molar-refractivity contribution in [3.63, 3.8) is 0 Å². The number of esters is 1. The Labute approximate surface area is 142 Å². The number of aryl methyl sites for hydroxylation is 3. The van der Waals surface area contributed by atoms with Crippen molar-refractivity contribution in [1.29, 1.82) is 0 Å². The quantitative estimate of drug-likeness (QED) is 0.524. The molecule has 3 rings (SSSR count). The van der Waals surface area contributed by atoms with Crippen molar-refractivity contribution >= 4 is 28.6 Å². The topological polar surface area (TPSA) is 61.9 Å². The largest absolute Gasteiger partial charge is 0.465 e. The monoisotopic (exact) mass is 350 g/mol. The third-order valence-electron chi connectivity index (χ3n) is 3.92. The molecule has 0 atom stereocenters. The van der Waals surface area contributed by atoms with Gasteiger partial charge in [-0.05, 0) is 19.1 Å². The summed E-state index contributed by atoms with van der Waals surface area (Å²) in [6.07, 6.45) is 3.59. The number of aromatic nitrogens is 4. The first-order chi connectivity index (χ1) is 11.5. The summed E-state index contributed by atoms with van der Waals surface area (Å²) in [5.41, 5.74) is 0.855. The summed E-state index contributed by atoms with van der Waals surface area (Å²) in [5, 5.41) is 0. The molecule has 0 aliphatic heterocycles. The molecule has 8 heteroatoms. The molecular weight excluding hydrogens is 335 g/mol. The fourth-order valence-electron chi connectivity index (χ4n) is 2.66. The van der Waals surface area contributed by atoms with Gasteiger partial charge in [0.05, 0.1) is 24.1 Å². The van der Waals surface area contributed by atoms with Gasteiger partial charge in [0.1, 0.15) is 17.2 Å². The van der Waals surface area contributed by atoms with Crippen molar-refractivity contribution in [1.82, 2.24) is 19.1 Å². The van der Waals surface area contributed by atoms with Crippen LogP contribution in [0.5, 0.6) is 0 Å². The summed E-state index contributed by atoms with van der Waals surface area (Å²) in [4.78, 5) is 20.2. The minimum atomic E-state index is -0.596. The molecule has 0 radical (unpaired) electrons. The van der Waals surface area contributed by atoms with Crippen LogP contribution in [0.15, 0.2) is 24.5 Å². The average Bonchev–Trinajstić information content (AvgIpc) is 3.15. The van der Waals surface area contributed by atoms with Crippen molar-refractivity contribution in [2.45, 2.75) is 25.9 Å². The second-order valence-corrected chi connectivity index (χ2v) is 5.57. The number of carbonyl (C=O) groups is 1. The Hall–Kier alpha value is -2.41. The van der Waals surface area contributed by atoms with Gasteiger partial charge in [0.25, 0.3) is 0 Å². The number of alkyl halides is 1. The lowest BCUT2D eigenvalue weighted by Crippen LogP contribution is -2.10. The summed E-state index contributed by atoms with van der Waals surface area (Å²) in [7, 11) is 1.26. The summed E-state index contributed by atoms with van der Waals surface area (Å²) < 4.78 is 22.8. The maximum Gasteiger partial charge on any atom is 0.338 e. The molecule has 0 bridgehead atoms. The van der Waals surface area contributed by atoms with Crippen LogP contribution in [0, 0.1) is 12.7 Å². The van der Waals surface area contributed by atoms with Gasteiger partial charge in [-0.15, -0.1) is 11.6 Å².